The van der Waals surface area contributed by atoms with Crippen molar-refractivity contribution in [3.05, 3.63) is 88.7 Å². The normalized spacial score (nSPS) is 17.8. The van der Waals surface area contributed by atoms with Crippen molar-refractivity contribution in [3.8, 4) is 11.1 Å². The highest BCUT2D eigenvalue weighted by molar-refractivity contribution is 6.30. The van der Waals surface area contributed by atoms with E-state index in [1.807, 2.05) is 5.32 Å². The molecule has 4 amide bonds. The second kappa shape index (κ2) is 8.79. The first-order valence-corrected chi connectivity index (χ1v) is 10.3. The van der Waals surface area contributed by atoms with Crippen LogP contribution in [-0.2, 0) is 16.5 Å². The number of alkyl halides is 3. The second-order valence-corrected chi connectivity index (χ2v) is 7.88. The maximum atomic E-state index is 13.6. The van der Waals surface area contributed by atoms with E-state index in [1.54, 1.807) is 42.5 Å². The van der Waals surface area contributed by atoms with Crippen molar-refractivity contribution in [2.75, 3.05) is 6.54 Å². The van der Waals surface area contributed by atoms with Gasteiger partial charge in [0, 0.05) is 16.8 Å². The van der Waals surface area contributed by atoms with E-state index in [-0.39, 0.29) is 5.56 Å². The number of aromatic nitrogens is 1. The topological polar surface area (TPSA) is 100 Å². The van der Waals surface area contributed by atoms with Crippen LogP contribution in [0.5, 0.6) is 0 Å². The lowest BCUT2D eigenvalue weighted by Crippen LogP contribution is -2.54. The smallest absolute Gasteiger partial charge is 0.349 e. The minimum atomic E-state index is -4.85. The zero-order chi connectivity index (χ0) is 24.5. The van der Waals surface area contributed by atoms with Gasteiger partial charge in [-0.05, 0) is 41.5 Å². The summed E-state index contributed by atoms with van der Waals surface area (Å²) in [4.78, 5) is 41.4. The summed E-state index contributed by atoms with van der Waals surface area (Å²) in [7, 11) is 0. The third-order valence-electron chi connectivity index (χ3n) is 5.30. The van der Waals surface area contributed by atoms with Crippen LogP contribution in [0.2, 0.25) is 5.02 Å². The highest BCUT2D eigenvalue weighted by Gasteiger charge is 2.53. The number of benzene rings is 2. The molecular formula is C23H16ClF3N4O3. The molecule has 174 valence electrons. The number of urea groups is 1. The number of carbonyl (C=O) groups is 3. The number of rotatable bonds is 5. The highest BCUT2D eigenvalue weighted by atomic mass is 35.5. The fraction of sp³-hybridized carbons (Fsp3) is 0.130. The summed E-state index contributed by atoms with van der Waals surface area (Å²) in [6, 6.07) is 14.1. The summed E-state index contributed by atoms with van der Waals surface area (Å²) in [6.45, 7) is -0.668. The van der Waals surface area contributed by atoms with Crippen LogP contribution in [0.15, 0.2) is 66.9 Å². The number of pyridine rings is 1. The number of nitrogens with one attached hydrogen (secondary N) is 3. The number of halogens is 4. The standard InChI is InChI=1S/C23H16ClF3N4O3/c24-14-9-7-13(8-10-14)15-4-1-2-5-16(15)19(32)29-12-22(20(33)30-21(34)31-22)18-17(23(25,26)27)6-3-11-28-18/h1-11H,12H2,(H,29,32)(H2,30,31,33,34)/t22-/m1/s1. The van der Waals surface area contributed by atoms with Gasteiger partial charge in [0.2, 0.25) is 0 Å². The van der Waals surface area contributed by atoms with Crippen molar-refractivity contribution in [1.29, 1.82) is 0 Å². The van der Waals surface area contributed by atoms with Crippen LogP contribution in [0.1, 0.15) is 21.6 Å². The molecule has 11 heteroatoms. The van der Waals surface area contributed by atoms with Gasteiger partial charge in [0.15, 0.2) is 5.54 Å². The third-order valence-corrected chi connectivity index (χ3v) is 5.55. The first-order chi connectivity index (χ1) is 16.1. The largest absolute Gasteiger partial charge is 0.418 e. The molecule has 3 N–H and O–H groups in total. The number of carbonyl (C=O) groups excluding carboxylic acids is 3. The van der Waals surface area contributed by atoms with Gasteiger partial charge in [-0.1, -0.05) is 41.9 Å². The van der Waals surface area contributed by atoms with E-state index in [4.69, 9.17) is 11.6 Å². The molecule has 0 saturated carbocycles. The van der Waals surface area contributed by atoms with Crippen molar-refractivity contribution >= 4 is 29.4 Å². The molecule has 2 heterocycles. The molecule has 3 aromatic rings. The first kappa shape index (κ1) is 23.2. The van der Waals surface area contributed by atoms with Crippen LogP contribution in [0.3, 0.4) is 0 Å². The average molecular weight is 489 g/mol. The lowest BCUT2D eigenvalue weighted by atomic mass is 9.90. The number of hydrogen-bond acceptors (Lipinski definition) is 4. The van der Waals surface area contributed by atoms with Gasteiger partial charge in [0.25, 0.3) is 11.8 Å². The van der Waals surface area contributed by atoms with Crippen LogP contribution < -0.4 is 16.0 Å². The minimum Gasteiger partial charge on any atom is -0.349 e. The van der Waals surface area contributed by atoms with E-state index in [1.165, 1.54) is 6.07 Å². The van der Waals surface area contributed by atoms with E-state index in [9.17, 15) is 27.6 Å². The van der Waals surface area contributed by atoms with Crippen molar-refractivity contribution in [3.63, 3.8) is 0 Å². The fourth-order valence-corrected chi connectivity index (χ4v) is 3.84. The first-order valence-electron chi connectivity index (χ1n) is 9.91. The molecular weight excluding hydrogens is 473 g/mol. The Morgan fingerprint density at radius 3 is 2.38 bits per heavy atom. The predicted molar refractivity (Wildman–Crippen MR) is 117 cm³/mol. The molecule has 0 unspecified atom stereocenters. The van der Waals surface area contributed by atoms with E-state index < -0.39 is 47.4 Å². The third kappa shape index (κ3) is 4.32. The Hall–Kier alpha value is -3.92. The number of hydrogen-bond donors (Lipinski definition) is 3. The molecule has 34 heavy (non-hydrogen) atoms. The number of nitrogens with zero attached hydrogens (tertiary/aromatic N) is 1. The summed E-state index contributed by atoms with van der Waals surface area (Å²) < 4.78 is 40.9. The summed E-state index contributed by atoms with van der Waals surface area (Å²) in [5.41, 5.74) is -2.75. The summed E-state index contributed by atoms with van der Waals surface area (Å²) in [5, 5.41) is 7.13. The molecule has 1 aliphatic rings. The Morgan fingerprint density at radius 1 is 1.03 bits per heavy atom. The molecule has 2 aromatic carbocycles. The quantitative estimate of drug-likeness (QED) is 0.474. The second-order valence-electron chi connectivity index (χ2n) is 7.45. The molecule has 4 rings (SSSR count). The Bertz CT molecular complexity index is 1280. The molecule has 7 nitrogen and oxygen atoms in total. The van der Waals surface area contributed by atoms with Gasteiger partial charge >= 0.3 is 12.2 Å². The maximum Gasteiger partial charge on any atom is 0.418 e. The summed E-state index contributed by atoms with van der Waals surface area (Å²) >= 11 is 5.93. The lowest BCUT2D eigenvalue weighted by Gasteiger charge is -2.28. The van der Waals surface area contributed by atoms with Gasteiger partial charge in [-0.3, -0.25) is 19.9 Å². The molecule has 1 atom stereocenters. The maximum absolute atomic E-state index is 13.6. The molecule has 1 aliphatic heterocycles. The zero-order valence-electron chi connectivity index (χ0n) is 17.2. The SMILES string of the molecule is O=C1NC(=O)[C@@](CNC(=O)c2ccccc2-c2ccc(Cl)cc2)(c2ncccc2C(F)(F)F)N1. The van der Waals surface area contributed by atoms with Crippen LogP contribution in [0.25, 0.3) is 11.1 Å². The van der Waals surface area contributed by atoms with Crippen LogP contribution in [-0.4, -0.2) is 29.4 Å². The zero-order valence-corrected chi connectivity index (χ0v) is 18.0. The minimum absolute atomic E-state index is 0.210. The summed E-state index contributed by atoms with van der Waals surface area (Å²) in [5.74, 6) is -1.73. The Labute approximate surface area is 196 Å². The van der Waals surface area contributed by atoms with Gasteiger partial charge in [-0.25, -0.2) is 4.79 Å². The molecule has 0 bridgehead atoms. The monoisotopic (exact) mass is 488 g/mol. The van der Waals surface area contributed by atoms with Gasteiger partial charge in [-0.15, -0.1) is 0 Å². The van der Waals surface area contributed by atoms with Crippen LogP contribution >= 0.6 is 11.6 Å². The summed E-state index contributed by atoms with van der Waals surface area (Å²) in [6.07, 6.45) is -3.78. The highest BCUT2D eigenvalue weighted by Crippen LogP contribution is 2.36. The van der Waals surface area contributed by atoms with E-state index in [0.717, 1.165) is 18.3 Å². The van der Waals surface area contributed by atoms with Gasteiger partial charge in [0.05, 0.1) is 17.8 Å². The van der Waals surface area contributed by atoms with Gasteiger partial charge in [-0.2, -0.15) is 13.2 Å². The number of imide groups is 1. The van der Waals surface area contributed by atoms with Gasteiger partial charge < -0.3 is 10.6 Å². The fourth-order valence-electron chi connectivity index (χ4n) is 3.71. The van der Waals surface area contributed by atoms with Crippen molar-refractivity contribution in [2.24, 2.45) is 0 Å². The van der Waals surface area contributed by atoms with Crippen molar-refractivity contribution in [2.45, 2.75) is 11.7 Å². The average Bonchev–Trinajstić information content (AvgIpc) is 3.11. The van der Waals surface area contributed by atoms with Crippen molar-refractivity contribution < 1.29 is 27.6 Å². The number of amides is 4. The van der Waals surface area contributed by atoms with E-state index in [2.05, 4.69) is 15.6 Å². The Morgan fingerprint density at radius 2 is 1.74 bits per heavy atom. The molecule has 0 aliphatic carbocycles. The van der Waals surface area contributed by atoms with Gasteiger partial charge in [0.1, 0.15) is 0 Å². The molecule has 1 fully saturated rings. The van der Waals surface area contributed by atoms with E-state index >= 15 is 0 Å². The molecule has 0 radical (unpaired) electrons. The van der Waals surface area contributed by atoms with E-state index in [0.29, 0.717) is 16.1 Å². The van der Waals surface area contributed by atoms with Crippen molar-refractivity contribution in [1.82, 2.24) is 20.9 Å². The molecule has 1 aromatic heterocycles. The lowest BCUT2D eigenvalue weighted by molar-refractivity contribution is -0.139. The molecule has 0 spiro atoms. The van der Waals surface area contributed by atoms with Crippen LogP contribution in [0.4, 0.5) is 18.0 Å². The molecule has 1 saturated heterocycles. The van der Waals surface area contributed by atoms with Crippen LogP contribution in [0, 0.1) is 0 Å². The Balaban J connectivity index is 1.69. The predicted octanol–water partition coefficient (Wildman–Crippen LogP) is 3.89. The Kier molecular flexibility index (Phi) is 6.01.